The number of esters is 2. The maximum atomic E-state index is 11.8. The summed E-state index contributed by atoms with van der Waals surface area (Å²) in [4.78, 5) is 38.8. The quantitative estimate of drug-likeness (QED) is 0.765. The Hall–Kier alpha value is -2.70. The van der Waals surface area contributed by atoms with Gasteiger partial charge in [-0.2, -0.15) is 0 Å². The molecule has 0 radical (unpaired) electrons. The normalized spacial score (nSPS) is 10.3. The molecule has 0 unspecified atom stereocenters. The highest BCUT2D eigenvalue weighted by Gasteiger charge is 2.13. The van der Waals surface area contributed by atoms with Crippen LogP contribution in [-0.4, -0.2) is 35.0 Å². The average molecular weight is 276 g/mol. The van der Waals surface area contributed by atoms with Crippen molar-refractivity contribution in [3.05, 3.63) is 46.0 Å². The van der Waals surface area contributed by atoms with Gasteiger partial charge in [0.1, 0.15) is 5.65 Å². The number of ether oxygens (including phenoxy) is 2. The van der Waals surface area contributed by atoms with Crippen LogP contribution in [0.1, 0.15) is 27.8 Å². The zero-order valence-electron chi connectivity index (χ0n) is 11.0. The number of hydrogen-bond acceptors (Lipinski definition) is 6. The van der Waals surface area contributed by atoms with Crippen molar-refractivity contribution in [3.8, 4) is 0 Å². The molecule has 0 aromatic carbocycles. The van der Waals surface area contributed by atoms with E-state index >= 15 is 0 Å². The zero-order valence-corrected chi connectivity index (χ0v) is 11.0. The molecule has 0 saturated heterocycles. The van der Waals surface area contributed by atoms with Gasteiger partial charge in [0, 0.05) is 12.3 Å². The molecule has 0 aliphatic carbocycles. The molecule has 7 nitrogen and oxygen atoms in total. The minimum Gasteiger partial charge on any atom is -0.464 e. The van der Waals surface area contributed by atoms with Crippen LogP contribution in [0, 0.1) is 0 Å². The molecular formula is C13H12N2O5. The van der Waals surface area contributed by atoms with Gasteiger partial charge in [0.2, 0.25) is 0 Å². The van der Waals surface area contributed by atoms with E-state index in [0.717, 1.165) is 6.07 Å². The molecule has 7 heteroatoms. The lowest BCUT2D eigenvalue weighted by molar-refractivity contribution is 0.0525. The summed E-state index contributed by atoms with van der Waals surface area (Å²) in [7, 11) is 1.20. The first-order valence-electron chi connectivity index (χ1n) is 5.85. The summed E-state index contributed by atoms with van der Waals surface area (Å²) in [5, 5.41) is 0. The van der Waals surface area contributed by atoms with Gasteiger partial charge in [-0.05, 0) is 19.1 Å². The first-order valence-corrected chi connectivity index (χ1v) is 5.85. The van der Waals surface area contributed by atoms with Crippen molar-refractivity contribution in [1.29, 1.82) is 0 Å². The number of fused-ring (bicyclic) bond motifs is 1. The second kappa shape index (κ2) is 5.52. The molecule has 0 saturated carbocycles. The van der Waals surface area contributed by atoms with E-state index in [2.05, 4.69) is 9.72 Å². The lowest BCUT2D eigenvalue weighted by Gasteiger charge is -2.05. The van der Waals surface area contributed by atoms with Gasteiger partial charge in [-0.3, -0.25) is 9.20 Å². The van der Waals surface area contributed by atoms with Crippen molar-refractivity contribution in [1.82, 2.24) is 9.38 Å². The van der Waals surface area contributed by atoms with E-state index in [-0.39, 0.29) is 23.5 Å². The van der Waals surface area contributed by atoms with Gasteiger partial charge < -0.3 is 9.47 Å². The zero-order chi connectivity index (χ0) is 14.7. The van der Waals surface area contributed by atoms with E-state index in [1.165, 1.54) is 29.8 Å². The Balaban J connectivity index is 2.58. The fourth-order valence-electron chi connectivity index (χ4n) is 1.65. The largest absolute Gasteiger partial charge is 0.464 e. The monoisotopic (exact) mass is 276 g/mol. The molecule has 0 N–H and O–H groups in total. The van der Waals surface area contributed by atoms with E-state index in [1.807, 2.05) is 0 Å². The van der Waals surface area contributed by atoms with Crippen LogP contribution in [0.25, 0.3) is 5.65 Å². The highest BCUT2D eigenvalue weighted by atomic mass is 16.5. The predicted octanol–water partition coefficient (Wildman–Crippen LogP) is 0.658. The Labute approximate surface area is 113 Å². The maximum Gasteiger partial charge on any atom is 0.356 e. The van der Waals surface area contributed by atoms with Crippen molar-refractivity contribution >= 4 is 17.6 Å². The molecule has 0 spiro atoms. The van der Waals surface area contributed by atoms with E-state index in [9.17, 15) is 14.4 Å². The lowest BCUT2D eigenvalue weighted by atomic mass is 10.2. The number of pyridine rings is 1. The Bertz CT molecular complexity index is 735. The molecule has 0 fully saturated rings. The molecule has 2 aromatic rings. The Morgan fingerprint density at radius 1 is 1.30 bits per heavy atom. The molecule has 2 heterocycles. The third-order valence-electron chi connectivity index (χ3n) is 2.57. The average Bonchev–Trinajstić information content (AvgIpc) is 2.46. The smallest absolute Gasteiger partial charge is 0.356 e. The number of nitrogens with zero attached hydrogens (tertiary/aromatic N) is 2. The highest BCUT2D eigenvalue weighted by Crippen LogP contribution is 2.06. The lowest BCUT2D eigenvalue weighted by Crippen LogP contribution is -2.19. The summed E-state index contributed by atoms with van der Waals surface area (Å²) in [5.74, 6) is -1.24. The van der Waals surface area contributed by atoms with Crippen LogP contribution >= 0.6 is 0 Å². The summed E-state index contributed by atoms with van der Waals surface area (Å²) >= 11 is 0. The molecule has 104 valence electrons. The minimum atomic E-state index is -0.717. The van der Waals surface area contributed by atoms with Gasteiger partial charge >= 0.3 is 11.9 Å². The van der Waals surface area contributed by atoms with Gasteiger partial charge in [-0.25, -0.2) is 14.6 Å². The Morgan fingerprint density at radius 2 is 2.05 bits per heavy atom. The number of rotatable bonds is 3. The summed E-state index contributed by atoms with van der Waals surface area (Å²) in [6.07, 6.45) is 1.40. The fraction of sp³-hybridized carbons (Fsp3) is 0.231. The van der Waals surface area contributed by atoms with Crippen molar-refractivity contribution in [2.24, 2.45) is 0 Å². The minimum absolute atomic E-state index is 0.112. The van der Waals surface area contributed by atoms with E-state index in [0.29, 0.717) is 0 Å². The van der Waals surface area contributed by atoms with Crippen LogP contribution in [0.5, 0.6) is 0 Å². The molecular weight excluding hydrogens is 264 g/mol. The van der Waals surface area contributed by atoms with Crippen molar-refractivity contribution in [2.45, 2.75) is 6.92 Å². The third-order valence-corrected chi connectivity index (χ3v) is 2.57. The molecule has 0 amide bonds. The van der Waals surface area contributed by atoms with Gasteiger partial charge in [-0.1, -0.05) is 0 Å². The topological polar surface area (TPSA) is 87.0 Å². The molecule has 0 aliphatic rings. The number of methoxy groups -OCH3 is 1. The van der Waals surface area contributed by atoms with Gasteiger partial charge in [0.05, 0.1) is 19.3 Å². The van der Waals surface area contributed by atoms with Gasteiger partial charge in [0.15, 0.2) is 5.69 Å². The van der Waals surface area contributed by atoms with Crippen molar-refractivity contribution in [2.75, 3.05) is 13.7 Å². The van der Waals surface area contributed by atoms with Crippen LogP contribution in [0.15, 0.2) is 29.2 Å². The van der Waals surface area contributed by atoms with E-state index < -0.39 is 17.5 Å². The van der Waals surface area contributed by atoms with Crippen molar-refractivity contribution in [3.63, 3.8) is 0 Å². The predicted molar refractivity (Wildman–Crippen MR) is 68.8 cm³/mol. The number of aromatic nitrogens is 2. The van der Waals surface area contributed by atoms with Crippen LogP contribution in [-0.2, 0) is 9.47 Å². The van der Waals surface area contributed by atoms with Gasteiger partial charge in [0.25, 0.3) is 5.56 Å². The molecule has 2 aromatic heterocycles. The Morgan fingerprint density at radius 3 is 2.70 bits per heavy atom. The third kappa shape index (κ3) is 2.51. The summed E-state index contributed by atoms with van der Waals surface area (Å²) < 4.78 is 10.6. The summed E-state index contributed by atoms with van der Waals surface area (Å²) in [5.41, 5.74) is -0.131. The second-order valence-corrected chi connectivity index (χ2v) is 3.84. The Kier molecular flexibility index (Phi) is 3.79. The number of hydrogen-bond donors (Lipinski definition) is 0. The standard InChI is InChI=1S/C13H12N2O5/c1-3-20-12(17)8-4-5-15-10(6-8)14-9(7-11(15)16)13(18)19-2/h4-7H,3H2,1-2H3. The molecule has 20 heavy (non-hydrogen) atoms. The van der Waals surface area contributed by atoms with Crippen LogP contribution < -0.4 is 5.56 Å². The molecule has 2 rings (SSSR count). The second-order valence-electron chi connectivity index (χ2n) is 3.84. The number of carbonyl (C=O) groups is 2. The first kappa shape index (κ1) is 13.7. The van der Waals surface area contributed by atoms with Crippen molar-refractivity contribution < 1.29 is 19.1 Å². The van der Waals surface area contributed by atoms with E-state index in [4.69, 9.17) is 4.74 Å². The summed E-state index contributed by atoms with van der Waals surface area (Å²) in [6, 6.07) is 3.90. The number of carbonyl (C=O) groups excluding carboxylic acids is 2. The SMILES string of the molecule is CCOC(=O)c1ccn2c(=O)cc(C(=O)OC)nc2c1. The molecule has 0 bridgehead atoms. The molecule has 0 atom stereocenters. The van der Waals surface area contributed by atoms with Crippen LogP contribution in [0.4, 0.5) is 0 Å². The maximum absolute atomic E-state index is 11.8. The van der Waals surface area contributed by atoms with E-state index in [1.54, 1.807) is 6.92 Å². The van der Waals surface area contributed by atoms with Crippen LogP contribution in [0.2, 0.25) is 0 Å². The van der Waals surface area contributed by atoms with Crippen LogP contribution in [0.3, 0.4) is 0 Å². The van der Waals surface area contributed by atoms with Gasteiger partial charge in [-0.15, -0.1) is 0 Å². The highest BCUT2D eigenvalue weighted by molar-refractivity contribution is 5.91. The molecule has 0 aliphatic heterocycles. The fourth-order valence-corrected chi connectivity index (χ4v) is 1.65. The first-order chi connectivity index (χ1) is 9.56. The summed E-state index contributed by atoms with van der Waals surface area (Å²) in [6.45, 7) is 1.93.